The number of carbonyl (C=O) groups is 1. The van der Waals surface area contributed by atoms with E-state index in [4.69, 9.17) is 9.47 Å². The number of amides is 2. The molecule has 0 radical (unpaired) electrons. The number of nitrogens with one attached hydrogen (secondary N) is 2. The molecule has 4 rings (SSSR count). The molecular formula is C19H17F3N2O4. The number of ether oxygens (including phenoxy) is 3. The summed E-state index contributed by atoms with van der Waals surface area (Å²) in [5.41, 5.74) is 1.16. The Morgan fingerprint density at radius 2 is 2.00 bits per heavy atom. The van der Waals surface area contributed by atoms with Gasteiger partial charge in [0.2, 0.25) is 6.79 Å². The van der Waals surface area contributed by atoms with E-state index in [1.807, 2.05) is 6.07 Å². The fraction of sp³-hybridized carbons (Fsp3) is 0.316. The van der Waals surface area contributed by atoms with E-state index < -0.39 is 12.6 Å². The van der Waals surface area contributed by atoms with Gasteiger partial charge in [0.1, 0.15) is 11.6 Å². The van der Waals surface area contributed by atoms with Gasteiger partial charge in [-0.15, -0.1) is 0 Å². The maximum atomic E-state index is 13.3. The molecule has 2 N–H and O–H groups in total. The Bertz CT molecular complexity index is 893. The van der Waals surface area contributed by atoms with Gasteiger partial charge in [0.25, 0.3) is 0 Å². The standard InChI is InChI=1S/C19H17F3N2O4/c20-12-3-1-2-10(4-12)13-6-14(13)24-19(25)23-8-11-5-16-17(27-9-26-16)7-15(11)28-18(21)22/h1-5,7,13-14,18H,6,8-9H2,(H2,23,24,25)/t13-,14+/m0/s1. The van der Waals surface area contributed by atoms with Gasteiger partial charge in [-0.25, -0.2) is 9.18 Å². The lowest BCUT2D eigenvalue weighted by molar-refractivity contribution is -0.0505. The van der Waals surface area contributed by atoms with Crippen LogP contribution in [-0.4, -0.2) is 25.5 Å². The summed E-state index contributed by atoms with van der Waals surface area (Å²) in [5, 5.41) is 5.40. The molecule has 28 heavy (non-hydrogen) atoms. The molecule has 9 heteroatoms. The van der Waals surface area contributed by atoms with Crippen LogP contribution in [-0.2, 0) is 6.54 Å². The van der Waals surface area contributed by atoms with Crippen molar-refractivity contribution >= 4 is 6.03 Å². The molecule has 0 unspecified atom stereocenters. The minimum atomic E-state index is -3.01. The number of hydrogen-bond acceptors (Lipinski definition) is 4. The van der Waals surface area contributed by atoms with Gasteiger partial charge in [-0.3, -0.25) is 0 Å². The van der Waals surface area contributed by atoms with Crippen LogP contribution in [0.1, 0.15) is 23.5 Å². The van der Waals surface area contributed by atoms with E-state index >= 15 is 0 Å². The lowest BCUT2D eigenvalue weighted by Gasteiger charge is -2.13. The second-order valence-corrected chi connectivity index (χ2v) is 6.52. The molecule has 1 fully saturated rings. The van der Waals surface area contributed by atoms with Crippen LogP contribution in [0.4, 0.5) is 18.0 Å². The van der Waals surface area contributed by atoms with Crippen LogP contribution in [0.15, 0.2) is 36.4 Å². The summed E-state index contributed by atoms with van der Waals surface area (Å²) in [7, 11) is 0. The molecule has 2 amide bonds. The lowest BCUT2D eigenvalue weighted by atomic mass is 10.1. The van der Waals surface area contributed by atoms with Crippen molar-refractivity contribution < 1.29 is 32.2 Å². The predicted molar refractivity (Wildman–Crippen MR) is 92.1 cm³/mol. The normalized spacial score (nSPS) is 19.4. The highest BCUT2D eigenvalue weighted by molar-refractivity contribution is 5.75. The summed E-state index contributed by atoms with van der Waals surface area (Å²) in [6, 6.07) is 8.51. The molecule has 1 saturated carbocycles. The second kappa shape index (κ2) is 7.49. The monoisotopic (exact) mass is 394 g/mol. The van der Waals surface area contributed by atoms with Gasteiger partial charge in [0, 0.05) is 30.1 Å². The Morgan fingerprint density at radius 3 is 2.75 bits per heavy atom. The van der Waals surface area contributed by atoms with Crippen molar-refractivity contribution in [2.75, 3.05) is 6.79 Å². The van der Waals surface area contributed by atoms with Gasteiger partial charge < -0.3 is 24.8 Å². The Morgan fingerprint density at radius 1 is 1.21 bits per heavy atom. The van der Waals surface area contributed by atoms with E-state index in [0.717, 1.165) is 5.56 Å². The van der Waals surface area contributed by atoms with Crippen LogP contribution in [0.3, 0.4) is 0 Å². The van der Waals surface area contributed by atoms with Crippen molar-refractivity contribution in [3.63, 3.8) is 0 Å². The number of alkyl halides is 2. The molecule has 2 aromatic rings. The molecule has 0 bridgehead atoms. The smallest absolute Gasteiger partial charge is 0.387 e. The first kappa shape index (κ1) is 18.3. The topological polar surface area (TPSA) is 68.8 Å². The third-order valence-corrected chi connectivity index (χ3v) is 4.59. The van der Waals surface area contributed by atoms with E-state index in [1.165, 1.54) is 24.3 Å². The summed E-state index contributed by atoms with van der Waals surface area (Å²) in [6.45, 7) is -3.06. The zero-order chi connectivity index (χ0) is 19.7. The van der Waals surface area contributed by atoms with Gasteiger partial charge in [-0.05, 0) is 30.2 Å². The summed E-state index contributed by atoms with van der Waals surface area (Å²) >= 11 is 0. The van der Waals surface area contributed by atoms with Crippen LogP contribution in [0.5, 0.6) is 17.2 Å². The quantitative estimate of drug-likeness (QED) is 0.787. The third-order valence-electron chi connectivity index (χ3n) is 4.59. The fourth-order valence-electron chi connectivity index (χ4n) is 3.16. The number of benzene rings is 2. The highest BCUT2D eigenvalue weighted by atomic mass is 19.3. The van der Waals surface area contributed by atoms with Gasteiger partial charge in [0.15, 0.2) is 11.5 Å². The maximum absolute atomic E-state index is 13.3. The lowest BCUT2D eigenvalue weighted by Crippen LogP contribution is -2.37. The molecule has 2 aliphatic rings. The fourth-order valence-corrected chi connectivity index (χ4v) is 3.16. The SMILES string of the molecule is O=C(NCc1cc2c(cc1OC(F)F)OCO2)N[C@@H]1C[C@H]1c1cccc(F)c1. The molecule has 6 nitrogen and oxygen atoms in total. The van der Waals surface area contributed by atoms with Gasteiger partial charge in [0.05, 0.1) is 0 Å². The number of rotatable bonds is 6. The van der Waals surface area contributed by atoms with E-state index in [2.05, 4.69) is 15.4 Å². The average Bonchev–Trinajstić information content (AvgIpc) is 3.26. The molecule has 0 aromatic heterocycles. The first-order valence-corrected chi connectivity index (χ1v) is 8.67. The first-order chi connectivity index (χ1) is 13.5. The summed E-state index contributed by atoms with van der Waals surface area (Å²) in [4.78, 5) is 12.1. The molecule has 2 atom stereocenters. The predicted octanol–water partition coefficient (Wildman–Crippen LogP) is 3.51. The maximum Gasteiger partial charge on any atom is 0.387 e. The van der Waals surface area contributed by atoms with E-state index in [1.54, 1.807) is 6.07 Å². The Labute approximate surface area is 158 Å². The molecule has 0 spiro atoms. The molecule has 1 aliphatic heterocycles. The highest BCUT2D eigenvalue weighted by Gasteiger charge is 2.39. The first-order valence-electron chi connectivity index (χ1n) is 8.67. The Balaban J connectivity index is 1.35. The third kappa shape index (κ3) is 4.08. The van der Waals surface area contributed by atoms with Crippen molar-refractivity contribution in [1.82, 2.24) is 10.6 Å². The minimum absolute atomic E-state index is 0.00995. The zero-order valence-electron chi connectivity index (χ0n) is 14.6. The summed E-state index contributed by atoms with van der Waals surface area (Å²) in [6.07, 6.45) is 0.709. The zero-order valence-corrected chi connectivity index (χ0v) is 14.6. The average molecular weight is 394 g/mol. The summed E-state index contributed by atoms with van der Waals surface area (Å²) in [5.74, 6) is 0.349. The van der Waals surface area contributed by atoms with Crippen molar-refractivity contribution in [1.29, 1.82) is 0 Å². The second-order valence-electron chi connectivity index (χ2n) is 6.52. The van der Waals surface area contributed by atoms with Crippen LogP contribution in [0.2, 0.25) is 0 Å². The Hall–Kier alpha value is -3.10. The van der Waals surface area contributed by atoms with Crippen molar-refractivity contribution in [3.05, 3.63) is 53.3 Å². The summed E-state index contributed by atoms with van der Waals surface area (Å²) < 4.78 is 53.5. The van der Waals surface area contributed by atoms with E-state index in [0.29, 0.717) is 23.5 Å². The van der Waals surface area contributed by atoms with Crippen molar-refractivity contribution in [2.24, 2.45) is 0 Å². The molecule has 1 aliphatic carbocycles. The molecular weight excluding hydrogens is 377 g/mol. The van der Waals surface area contributed by atoms with Gasteiger partial charge >= 0.3 is 12.6 Å². The van der Waals surface area contributed by atoms with Crippen LogP contribution >= 0.6 is 0 Å². The largest absolute Gasteiger partial charge is 0.454 e. The number of carbonyl (C=O) groups excluding carboxylic acids is 1. The van der Waals surface area contributed by atoms with Crippen molar-refractivity contribution in [2.45, 2.75) is 31.5 Å². The minimum Gasteiger partial charge on any atom is -0.454 e. The highest BCUT2D eigenvalue weighted by Crippen LogP contribution is 2.41. The van der Waals surface area contributed by atoms with Gasteiger partial charge in [-0.2, -0.15) is 8.78 Å². The van der Waals surface area contributed by atoms with Crippen LogP contribution in [0, 0.1) is 5.82 Å². The number of urea groups is 1. The molecule has 1 heterocycles. The van der Waals surface area contributed by atoms with Crippen LogP contribution in [0.25, 0.3) is 0 Å². The van der Waals surface area contributed by atoms with Gasteiger partial charge in [-0.1, -0.05) is 12.1 Å². The Kier molecular flexibility index (Phi) is 4.89. The number of hydrogen-bond donors (Lipinski definition) is 2. The molecule has 0 saturated heterocycles. The number of halogens is 3. The van der Waals surface area contributed by atoms with Crippen LogP contribution < -0.4 is 24.8 Å². The molecule has 2 aromatic carbocycles. The van der Waals surface area contributed by atoms with E-state index in [9.17, 15) is 18.0 Å². The number of fused-ring (bicyclic) bond motifs is 1. The van der Waals surface area contributed by atoms with Crippen molar-refractivity contribution in [3.8, 4) is 17.2 Å². The molecule has 148 valence electrons. The van der Waals surface area contributed by atoms with E-state index in [-0.39, 0.29) is 36.9 Å².